The van der Waals surface area contributed by atoms with Crippen LogP contribution in [0, 0.1) is 6.92 Å². The van der Waals surface area contributed by atoms with Gasteiger partial charge in [0.05, 0.1) is 16.1 Å². The summed E-state index contributed by atoms with van der Waals surface area (Å²) in [6.45, 7) is 3.94. The van der Waals surface area contributed by atoms with Gasteiger partial charge in [-0.25, -0.2) is 0 Å². The zero-order chi connectivity index (χ0) is 12.4. The standard InChI is InChI=1S/C13H14BrNO2/c1-8-3-4-10-11(15-8)5-6-12(13(10)14)17-7-9(2)16/h3-6,9,16H,7H2,1-2H3. The minimum absolute atomic E-state index is 0.281. The molecular weight excluding hydrogens is 282 g/mol. The maximum absolute atomic E-state index is 9.20. The molecule has 90 valence electrons. The lowest BCUT2D eigenvalue weighted by molar-refractivity contribution is 0.122. The van der Waals surface area contributed by atoms with Gasteiger partial charge in [-0.05, 0) is 54.0 Å². The molecule has 0 aliphatic heterocycles. The molecule has 0 amide bonds. The Morgan fingerprint density at radius 3 is 2.82 bits per heavy atom. The average Bonchev–Trinajstić information content (AvgIpc) is 2.27. The Morgan fingerprint density at radius 2 is 2.12 bits per heavy atom. The van der Waals surface area contributed by atoms with E-state index in [1.54, 1.807) is 6.92 Å². The number of aromatic nitrogens is 1. The largest absolute Gasteiger partial charge is 0.490 e. The number of pyridine rings is 1. The Hall–Kier alpha value is -1.13. The molecule has 4 heteroatoms. The summed E-state index contributed by atoms with van der Waals surface area (Å²) >= 11 is 3.51. The average molecular weight is 296 g/mol. The third kappa shape index (κ3) is 2.76. The molecule has 1 atom stereocenters. The molecule has 1 heterocycles. The fraction of sp³-hybridized carbons (Fsp3) is 0.308. The zero-order valence-corrected chi connectivity index (χ0v) is 11.4. The number of fused-ring (bicyclic) bond motifs is 1. The van der Waals surface area contributed by atoms with Crippen molar-refractivity contribution in [3.8, 4) is 5.75 Å². The fourth-order valence-corrected chi connectivity index (χ4v) is 2.15. The van der Waals surface area contributed by atoms with E-state index in [2.05, 4.69) is 20.9 Å². The monoisotopic (exact) mass is 295 g/mol. The van der Waals surface area contributed by atoms with Crippen LogP contribution in [-0.2, 0) is 0 Å². The Balaban J connectivity index is 2.40. The highest BCUT2D eigenvalue weighted by molar-refractivity contribution is 9.10. The molecule has 3 nitrogen and oxygen atoms in total. The van der Waals surface area contributed by atoms with Crippen LogP contribution < -0.4 is 4.74 Å². The number of aliphatic hydroxyl groups excluding tert-OH is 1. The van der Waals surface area contributed by atoms with Crippen LogP contribution in [0.3, 0.4) is 0 Å². The van der Waals surface area contributed by atoms with Crippen molar-refractivity contribution in [2.45, 2.75) is 20.0 Å². The van der Waals surface area contributed by atoms with E-state index in [9.17, 15) is 5.11 Å². The number of rotatable bonds is 3. The molecule has 0 radical (unpaired) electrons. The number of hydrogen-bond acceptors (Lipinski definition) is 3. The van der Waals surface area contributed by atoms with Crippen LogP contribution in [0.4, 0.5) is 0 Å². The maximum atomic E-state index is 9.20. The van der Waals surface area contributed by atoms with Gasteiger partial charge in [-0.15, -0.1) is 0 Å². The molecule has 0 aliphatic carbocycles. The number of ether oxygens (including phenoxy) is 1. The summed E-state index contributed by atoms with van der Waals surface area (Å²) in [5.41, 5.74) is 1.92. The lowest BCUT2D eigenvalue weighted by atomic mass is 10.2. The SMILES string of the molecule is Cc1ccc2c(Br)c(OCC(C)O)ccc2n1. The number of aliphatic hydroxyl groups is 1. The quantitative estimate of drug-likeness (QED) is 0.946. The molecule has 2 aromatic rings. The first kappa shape index (κ1) is 12.3. The van der Waals surface area contributed by atoms with Crippen molar-refractivity contribution in [2.24, 2.45) is 0 Å². The van der Waals surface area contributed by atoms with Crippen molar-refractivity contribution in [1.82, 2.24) is 4.98 Å². The van der Waals surface area contributed by atoms with Gasteiger partial charge in [-0.2, -0.15) is 0 Å². The predicted molar refractivity (Wildman–Crippen MR) is 71.4 cm³/mol. The Kier molecular flexibility index (Phi) is 3.64. The molecular formula is C13H14BrNO2. The van der Waals surface area contributed by atoms with Crippen molar-refractivity contribution in [3.05, 3.63) is 34.4 Å². The van der Waals surface area contributed by atoms with Gasteiger partial charge in [0.25, 0.3) is 0 Å². The van der Waals surface area contributed by atoms with Crippen LogP contribution in [0.15, 0.2) is 28.7 Å². The van der Waals surface area contributed by atoms with Crippen LogP contribution in [0.5, 0.6) is 5.75 Å². The van der Waals surface area contributed by atoms with Crippen molar-refractivity contribution in [3.63, 3.8) is 0 Å². The van der Waals surface area contributed by atoms with Gasteiger partial charge in [0, 0.05) is 11.1 Å². The number of aryl methyl sites for hydroxylation is 1. The molecule has 1 aromatic heterocycles. The molecule has 0 aliphatic rings. The highest BCUT2D eigenvalue weighted by Gasteiger charge is 2.08. The fourth-order valence-electron chi connectivity index (χ4n) is 1.57. The summed E-state index contributed by atoms with van der Waals surface area (Å²) in [4.78, 5) is 4.44. The second-order valence-electron chi connectivity index (χ2n) is 4.06. The van der Waals surface area contributed by atoms with Gasteiger partial charge in [-0.3, -0.25) is 4.98 Å². The summed E-state index contributed by atoms with van der Waals surface area (Å²) < 4.78 is 6.39. The topological polar surface area (TPSA) is 42.4 Å². The molecule has 0 saturated carbocycles. The smallest absolute Gasteiger partial charge is 0.134 e. The highest BCUT2D eigenvalue weighted by atomic mass is 79.9. The minimum atomic E-state index is -0.478. The van der Waals surface area contributed by atoms with E-state index in [0.29, 0.717) is 0 Å². The van der Waals surface area contributed by atoms with E-state index >= 15 is 0 Å². The van der Waals surface area contributed by atoms with Crippen molar-refractivity contribution in [1.29, 1.82) is 0 Å². The van der Waals surface area contributed by atoms with E-state index < -0.39 is 6.10 Å². The van der Waals surface area contributed by atoms with Crippen molar-refractivity contribution >= 4 is 26.8 Å². The molecule has 1 aromatic carbocycles. The van der Waals surface area contributed by atoms with E-state index in [-0.39, 0.29) is 6.61 Å². The molecule has 0 spiro atoms. The summed E-state index contributed by atoms with van der Waals surface area (Å²) in [6.07, 6.45) is -0.478. The number of halogens is 1. The molecule has 0 bridgehead atoms. The lowest BCUT2D eigenvalue weighted by Gasteiger charge is -2.11. The maximum Gasteiger partial charge on any atom is 0.134 e. The molecule has 17 heavy (non-hydrogen) atoms. The first-order valence-corrected chi connectivity index (χ1v) is 6.24. The van der Waals surface area contributed by atoms with Crippen LogP contribution in [-0.4, -0.2) is 22.8 Å². The van der Waals surface area contributed by atoms with Gasteiger partial charge < -0.3 is 9.84 Å². The van der Waals surface area contributed by atoms with Crippen LogP contribution in [0.2, 0.25) is 0 Å². The Morgan fingerprint density at radius 1 is 1.35 bits per heavy atom. The second-order valence-corrected chi connectivity index (χ2v) is 4.85. The van der Waals surface area contributed by atoms with E-state index in [1.165, 1.54) is 0 Å². The Labute approximate surface area is 109 Å². The molecule has 0 saturated heterocycles. The summed E-state index contributed by atoms with van der Waals surface area (Å²) in [5.74, 6) is 0.726. The Bertz CT molecular complexity index is 540. The molecule has 1 N–H and O–H groups in total. The highest BCUT2D eigenvalue weighted by Crippen LogP contribution is 2.32. The van der Waals surface area contributed by atoms with Gasteiger partial charge in [0.15, 0.2) is 0 Å². The number of hydrogen-bond donors (Lipinski definition) is 1. The van der Waals surface area contributed by atoms with E-state index in [1.807, 2.05) is 31.2 Å². The summed E-state index contributed by atoms with van der Waals surface area (Å²) in [7, 11) is 0. The number of benzene rings is 1. The summed E-state index contributed by atoms with van der Waals surface area (Å²) in [6, 6.07) is 7.76. The summed E-state index contributed by atoms with van der Waals surface area (Å²) in [5, 5.41) is 10.2. The molecule has 1 unspecified atom stereocenters. The van der Waals surface area contributed by atoms with Gasteiger partial charge in [-0.1, -0.05) is 0 Å². The third-order valence-electron chi connectivity index (χ3n) is 2.39. The van der Waals surface area contributed by atoms with Gasteiger partial charge in [0.1, 0.15) is 12.4 Å². The second kappa shape index (κ2) is 5.02. The number of nitrogens with zero attached hydrogens (tertiary/aromatic N) is 1. The first-order chi connectivity index (χ1) is 8.08. The normalized spacial score (nSPS) is 12.7. The van der Waals surface area contributed by atoms with Crippen molar-refractivity contribution < 1.29 is 9.84 Å². The third-order valence-corrected chi connectivity index (χ3v) is 3.21. The van der Waals surface area contributed by atoms with Crippen LogP contribution >= 0.6 is 15.9 Å². The first-order valence-electron chi connectivity index (χ1n) is 5.44. The lowest BCUT2D eigenvalue weighted by Crippen LogP contribution is -2.13. The van der Waals surface area contributed by atoms with Crippen LogP contribution in [0.1, 0.15) is 12.6 Å². The van der Waals surface area contributed by atoms with Crippen LogP contribution in [0.25, 0.3) is 10.9 Å². The zero-order valence-electron chi connectivity index (χ0n) is 9.77. The molecule has 0 fully saturated rings. The molecule has 2 rings (SSSR count). The van der Waals surface area contributed by atoms with E-state index in [4.69, 9.17) is 4.74 Å². The predicted octanol–water partition coefficient (Wildman–Crippen LogP) is 3.07. The minimum Gasteiger partial charge on any atom is -0.490 e. The van der Waals surface area contributed by atoms with Gasteiger partial charge in [0.2, 0.25) is 0 Å². The van der Waals surface area contributed by atoms with Crippen molar-refractivity contribution in [2.75, 3.05) is 6.61 Å². The van der Waals surface area contributed by atoms with E-state index in [0.717, 1.165) is 26.8 Å². The van der Waals surface area contributed by atoms with Gasteiger partial charge >= 0.3 is 0 Å².